The fraction of sp³-hybridized carbons (Fsp3) is 0.0312. The van der Waals surface area contributed by atoms with Gasteiger partial charge in [0.15, 0.2) is 0 Å². The van der Waals surface area contributed by atoms with Crippen LogP contribution >= 0.6 is 0 Å². The summed E-state index contributed by atoms with van der Waals surface area (Å²) in [6.45, 7) is 0. The maximum Gasteiger partial charge on any atom is 0.0878 e. The molecule has 0 N–H and O–H groups in total. The van der Waals surface area contributed by atoms with E-state index in [1.54, 1.807) is 0 Å². The van der Waals surface area contributed by atoms with Gasteiger partial charge in [-0.1, -0.05) is 109 Å². The highest BCUT2D eigenvalue weighted by atomic mass is 19.1. The fourth-order valence-electron chi connectivity index (χ4n) is 3.58. The van der Waals surface area contributed by atoms with E-state index in [4.69, 9.17) is 4.98 Å². The summed E-state index contributed by atoms with van der Waals surface area (Å²) >= 11 is 0. The van der Waals surface area contributed by atoms with Crippen molar-refractivity contribution < 1.29 is 4.39 Å². The number of alkyl halides is 1. The van der Waals surface area contributed by atoms with Gasteiger partial charge in [0.25, 0.3) is 0 Å². The summed E-state index contributed by atoms with van der Waals surface area (Å²) in [5, 5.41) is 1.01. The van der Waals surface area contributed by atoms with Crippen LogP contribution in [0.1, 0.15) is 22.3 Å². The molecule has 0 spiro atoms. The lowest BCUT2D eigenvalue weighted by atomic mass is 9.96. The van der Waals surface area contributed by atoms with Gasteiger partial charge in [-0.25, -0.2) is 4.98 Å². The second-order valence-corrected chi connectivity index (χ2v) is 7.33. The molecule has 0 amide bonds. The lowest BCUT2D eigenvalue weighted by Crippen LogP contribution is -1.97. The van der Waals surface area contributed by atoms with Gasteiger partial charge in [-0.15, -0.1) is 0 Å². The first-order valence-electron chi connectivity index (χ1n) is 10.9. The summed E-state index contributed by atoms with van der Waals surface area (Å²) in [6, 6.07) is 38.4. The van der Waals surface area contributed by atoms with Crippen molar-refractivity contribution in [3.05, 3.63) is 138 Å². The number of halogens is 1. The van der Waals surface area contributed by atoms with Gasteiger partial charge < -0.3 is 0 Å². The number of hydrogen-bond donors (Lipinski definition) is 0. The molecule has 0 radical (unpaired) electrons. The maximum absolute atomic E-state index is 9.50. The zero-order chi connectivity index (χ0) is 23.6. The zero-order valence-electron chi connectivity index (χ0n) is 18.8. The lowest BCUT2D eigenvalue weighted by molar-refractivity contribution is 0.636. The minimum atomic E-state index is 0.500. The zero-order valence-corrected chi connectivity index (χ0v) is 18.8. The number of pyridine rings is 1. The van der Waals surface area contributed by atoms with Gasteiger partial charge in [-0.2, -0.15) is 0 Å². The number of fused-ring (bicyclic) bond motifs is 1. The second-order valence-electron chi connectivity index (χ2n) is 7.33. The average molecular weight is 440 g/mol. The molecule has 4 aromatic carbocycles. The summed E-state index contributed by atoms with van der Waals surface area (Å²) in [5.41, 5.74) is 6.47. The first-order valence-corrected chi connectivity index (χ1v) is 10.9. The van der Waals surface area contributed by atoms with Crippen LogP contribution in [0.15, 0.2) is 115 Å². The standard InChI is InChI=1S/C31H19N.CH3F/c1-4-12-24(13-5-1)20-22-27-28-18-10-11-19-30(28)32-31(26-16-8-3-9-17-26)29(27)23-21-25-14-6-2-7-15-25;1-2/h1-19H;1H3. The number of benzene rings is 4. The van der Waals surface area contributed by atoms with Crippen molar-refractivity contribution in [1.82, 2.24) is 4.98 Å². The quantitative estimate of drug-likeness (QED) is 0.250. The summed E-state index contributed by atoms with van der Waals surface area (Å²) in [5.74, 6) is 13.5. The molecular formula is C32H22FN. The largest absolute Gasteiger partial charge is 0.255 e. The monoisotopic (exact) mass is 439 g/mol. The number of rotatable bonds is 1. The van der Waals surface area contributed by atoms with E-state index in [0.29, 0.717) is 7.18 Å². The molecule has 0 aliphatic heterocycles. The van der Waals surface area contributed by atoms with Crippen molar-refractivity contribution >= 4 is 10.9 Å². The van der Waals surface area contributed by atoms with E-state index in [-0.39, 0.29) is 0 Å². The summed E-state index contributed by atoms with van der Waals surface area (Å²) in [7, 11) is 0.500. The normalized spacial score (nSPS) is 9.59. The van der Waals surface area contributed by atoms with Crippen molar-refractivity contribution in [2.24, 2.45) is 0 Å². The molecule has 1 nitrogen and oxygen atoms in total. The smallest absolute Gasteiger partial charge is 0.0878 e. The Labute approximate surface area is 199 Å². The Kier molecular flexibility index (Phi) is 7.47. The van der Waals surface area contributed by atoms with E-state index in [0.717, 1.165) is 44.4 Å². The van der Waals surface area contributed by atoms with E-state index in [1.807, 2.05) is 97.1 Å². The van der Waals surface area contributed by atoms with Crippen LogP contribution in [0.5, 0.6) is 0 Å². The Hall–Kier alpha value is -4.66. The van der Waals surface area contributed by atoms with Crippen molar-refractivity contribution in [3.8, 4) is 34.9 Å². The molecule has 2 heteroatoms. The van der Waals surface area contributed by atoms with Crippen LogP contribution in [0.3, 0.4) is 0 Å². The van der Waals surface area contributed by atoms with E-state index >= 15 is 0 Å². The Morgan fingerprint density at radius 3 is 1.56 bits per heavy atom. The summed E-state index contributed by atoms with van der Waals surface area (Å²) < 4.78 is 9.50. The predicted molar refractivity (Wildman–Crippen MR) is 139 cm³/mol. The SMILES string of the molecule is C(#Cc1c(-c2ccccc2)nc2ccccc2c1C#Cc1ccccc1)c1ccccc1.CF. The number of hydrogen-bond acceptors (Lipinski definition) is 1. The molecular weight excluding hydrogens is 417 g/mol. The van der Waals surface area contributed by atoms with E-state index < -0.39 is 0 Å². The Morgan fingerprint density at radius 2 is 0.971 bits per heavy atom. The van der Waals surface area contributed by atoms with Crippen LogP contribution in [-0.4, -0.2) is 12.2 Å². The van der Waals surface area contributed by atoms with Gasteiger partial charge in [0.2, 0.25) is 0 Å². The topological polar surface area (TPSA) is 12.9 Å². The van der Waals surface area contributed by atoms with Crippen LogP contribution in [0.2, 0.25) is 0 Å². The average Bonchev–Trinajstić information content (AvgIpc) is 2.93. The van der Waals surface area contributed by atoms with Crippen molar-refractivity contribution in [2.75, 3.05) is 7.18 Å². The Morgan fingerprint density at radius 1 is 0.500 bits per heavy atom. The van der Waals surface area contributed by atoms with Crippen LogP contribution < -0.4 is 0 Å². The molecule has 162 valence electrons. The fourth-order valence-corrected chi connectivity index (χ4v) is 3.58. The lowest BCUT2D eigenvalue weighted by Gasteiger charge is -2.10. The highest BCUT2D eigenvalue weighted by Gasteiger charge is 2.14. The highest BCUT2D eigenvalue weighted by Crippen LogP contribution is 2.29. The molecule has 0 unspecified atom stereocenters. The van der Waals surface area contributed by atoms with Crippen LogP contribution in [0, 0.1) is 23.7 Å². The molecule has 0 aliphatic carbocycles. The Balaban J connectivity index is 0.00000133. The van der Waals surface area contributed by atoms with Crippen molar-refractivity contribution in [3.63, 3.8) is 0 Å². The van der Waals surface area contributed by atoms with Gasteiger partial charge in [-0.05, 0) is 30.3 Å². The molecule has 5 aromatic rings. The van der Waals surface area contributed by atoms with Gasteiger partial charge in [0.05, 0.1) is 29.5 Å². The van der Waals surface area contributed by atoms with Gasteiger partial charge in [-0.3, -0.25) is 4.39 Å². The summed E-state index contributed by atoms with van der Waals surface area (Å²) in [6.07, 6.45) is 0. The third-order valence-electron chi connectivity index (χ3n) is 5.15. The van der Waals surface area contributed by atoms with Crippen LogP contribution in [-0.2, 0) is 0 Å². The molecule has 1 aromatic heterocycles. The third kappa shape index (κ3) is 5.21. The highest BCUT2D eigenvalue weighted by molar-refractivity contribution is 5.92. The van der Waals surface area contributed by atoms with Crippen molar-refractivity contribution in [1.29, 1.82) is 0 Å². The molecule has 0 saturated carbocycles. The predicted octanol–water partition coefficient (Wildman–Crippen LogP) is 7.29. The van der Waals surface area contributed by atoms with Gasteiger partial charge in [0, 0.05) is 22.1 Å². The molecule has 0 aliphatic rings. The Bertz CT molecular complexity index is 1500. The third-order valence-corrected chi connectivity index (χ3v) is 5.15. The molecule has 0 atom stereocenters. The minimum Gasteiger partial charge on any atom is -0.255 e. The minimum absolute atomic E-state index is 0.500. The number of para-hydroxylation sites is 1. The van der Waals surface area contributed by atoms with E-state index in [9.17, 15) is 4.39 Å². The molecule has 0 bridgehead atoms. The first-order chi connectivity index (χ1) is 16.9. The van der Waals surface area contributed by atoms with Crippen LogP contribution in [0.25, 0.3) is 22.2 Å². The maximum atomic E-state index is 9.50. The second kappa shape index (κ2) is 11.3. The summed E-state index contributed by atoms with van der Waals surface area (Å²) in [4.78, 5) is 5.00. The first kappa shape index (κ1) is 22.5. The van der Waals surface area contributed by atoms with Gasteiger partial charge in [0.1, 0.15) is 0 Å². The number of aromatic nitrogens is 1. The molecule has 34 heavy (non-hydrogen) atoms. The molecule has 0 fully saturated rings. The van der Waals surface area contributed by atoms with Crippen LogP contribution in [0.4, 0.5) is 4.39 Å². The molecule has 5 rings (SSSR count). The molecule has 0 saturated heterocycles. The van der Waals surface area contributed by atoms with Crippen molar-refractivity contribution in [2.45, 2.75) is 0 Å². The van der Waals surface area contributed by atoms with E-state index in [2.05, 4.69) is 41.9 Å². The van der Waals surface area contributed by atoms with E-state index in [1.165, 1.54) is 0 Å². The molecule has 1 heterocycles. The number of nitrogens with zero attached hydrogens (tertiary/aromatic N) is 1. The van der Waals surface area contributed by atoms with Gasteiger partial charge >= 0.3 is 0 Å².